The van der Waals surface area contributed by atoms with Crippen molar-refractivity contribution in [3.63, 3.8) is 0 Å². The van der Waals surface area contributed by atoms with Crippen LogP contribution in [0.3, 0.4) is 0 Å². The summed E-state index contributed by atoms with van der Waals surface area (Å²) in [5.41, 5.74) is 0.620. The number of hydrogen-bond donors (Lipinski definition) is 2. The van der Waals surface area contributed by atoms with Crippen molar-refractivity contribution in [1.82, 2.24) is 0 Å². The number of hydrogen-bond acceptors (Lipinski definition) is 5. The molecular weight excluding hydrogens is 224 g/mol. The summed E-state index contributed by atoms with van der Waals surface area (Å²) < 4.78 is 5.20. The van der Waals surface area contributed by atoms with Crippen molar-refractivity contribution in [2.45, 2.75) is 20.0 Å². The molecule has 0 aliphatic rings. The minimum absolute atomic E-state index is 0.0607. The van der Waals surface area contributed by atoms with Gasteiger partial charge in [-0.1, -0.05) is 0 Å². The lowest BCUT2D eigenvalue weighted by Crippen LogP contribution is -2.15. The third-order valence-electron chi connectivity index (χ3n) is 2.06. The van der Waals surface area contributed by atoms with Crippen molar-refractivity contribution in [1.29, 1.82) is 0 Å². The number of rotatable bonds is 6. The summed E-state index contributed by atoms with van der Waals surface area (Å²) in [6.07, 6.45) is -0.485. The van der Waals surface area contributed by atoms with Crippen LogP contribution in [0.4, 0.5) is 11.4 Å². The second-order valence-electron chi connectivity index (χ2n) is 3.60. The first-order valence-electron chi connectivity index (χ1n) is 5.37. The number of nitrogens with one attached hydrogen (secondary N) is 1. The Morgan fingerprint density at radius 3 is 2.82 bits per heavy atom. The van der Waals surface area contributed by atoms with Gasteiger partial charge in [-0.25, -0.2) is 0 Å². The van der Waals surface area contributed by atoms with Gasteiger partial charge in [0.25, 0.3) is 0 Å². The molecule has 0 fully saturated rings. The molecule has 0 heterocycles. The van der Waals surface area contributed by atoms with E-state index in [0.717, 1.165) is 0 Å². The Balaban J connectivity index is 2.89. The molecule has 0 aromatic heterocycles. The fourth-order valence-electron chi connectivity index (χ4n) is 1.31. The van der Waals surface area contributed by atoms with Crippen LogP contribution in [0.1, 0.15) is 13.8 Å². The molecule has 0 aliphatic carbocycles. The van der Waals surface area contributed by atoms with Crippen LogP contribution in [0.2, 0.25) is 0 Å². The number of nitro groups is 1. The average Bonchev–Trinajstić information content (AvgIpc) is 2.26. The molecule has 0 bridgehead atoms. The maximum atomic E-state index is 10.7. The van der Waals surface area contributed by atoms with Crippen LogP contribution in [-0.4, -0.2) is 29.3 Å². The quantitative estimate of drug-likeness (QED) is 0.585. The number of nitrogens with zero attached hydrogens (tertiary/aromatic N) is 1. The lowest BCUT2D eigenvalue weighted by Gasteiger charge is -2.10. The van der Waals surface area contributed by atoms with Crippen LogP contribution in [-0.2, 0) is 0 Å². The number of aliphatic hydroxyl groups is 1. The largest absolute Gasteiger partial charge is 0.487 e. The first-order valence-corrected chi connectivity index (χ1v) is 5.37. The second-order valence-corrected chi connectivity index (χ2v) is 3.60. The predicted molar refractivity (Wildman–Crippen MR) is 64.4 cm³/mol. The van der Waals surface area contributed by atoms with E-state index >= 15 is 0 Å². The van der Waals surface area contributed by atoms with E-state index in [4.69, 9.17) is 9.84 Å². The molecule has 1 rings (SSSR count). The third-order valence-corrected chi connectivity index (χ3v) is 2.06. The first-order chi connectivity index (χ1) is 8.04. The van der Waals surface area contributed by atoms with Crippen molar-refractivity contribution in [2.75, 3.05) is 18.5 Å². The Morgan fingerprint density at radius 2 is 2.29 bits per heavy atom. The Bertz CT molecular complexity index is 393. The summed E-state index contributed by atoms with van der Waals surface area (Å²) in [7, 11) is 0. The number of aliphatic hydroxyl groups excluding tert-OH is 1. The molecule has 0 radical (unpaired) electrons. The molecular formula is C11H16N2O4. The van der Waals surface area contributed by atoms with E-state index < -0.39 is 11.0 Å². The molecule has 1 aromatic carbocycles. The van der Waals surface area contributed by atoms with E-state index in [0.29, 0.717) is 18.8 Å². The van der Waals surface area contributed by atoms with E-state index in [2.05, 4.69) is 5.32 Å². The van der Waals surface area contributed by atoms with E-state index in [1.165, 1.54) is 6.07 Å². The van der Waals surface area contributed by atoms with Gasteiger partial charge in [-0.2, -0.15) is 0 Å². The van der Waals surface area contributed by atoms with Crippen molar-refractivity contribution in [2.24, 2.45) is 0 Å². The molecule has 0 spiro atoms. The molecule has 2 N–H and O–H groups in total. The van der Waals surface area contributed by atoms with Gasteiger partial charge in [-0.15, -0.1) is 0 Å². The summed E-state index contributed by atoms with van der Waals surface area (Å²) >= 11 is 0. The zero-order chi connectivity index (χ0) is 12.8. The van der Waals surface area contributed by atoms with Gasteiger partial charge in [0.15, 0.2) is 5.75 Å². The van der Waals surface area contributed by atoms with E-state index in [1.54, 1.807) is 26.0 Å². The van der Waals surface area contributed by atoms with Crippen LogP contribution < -0.4 is 10.1 Å². The Labute approximate surface area is 99.4 Å². The lowest BCUT2D eigenvalue weighted by molar-refractivity contribution is -0.385. The van der Waals surface area contributed by atoms with Gasteiger partial charge in [-0.05, 0) is 19.9 Å². The molecule has 0 amide bonds. The van der Waals surface area contributed by atoms with Crippen LogP contribution in [0.15, 0.2) is 18.2 Å². The molecule has 17 heavy (non-hydrogen) atoms. The van der Waals surface area contributed by atoms with E-state index in [-0.39, 0.29) is 11.4 Å². The fourth-order valence-corrected chi connectivity index (χ4v) is 1.31. The van der Waals surface area contributed by atoms with Crippen molar-refractivity contribution >= 4 is 11.4 Å². The summed E-state index contributed by atoms with van der Waals surface area (Å²) in [5, 5.41) is 22.8. The SMILES string of the molecule is CCOc1cc(NCC(C)O)ccc1[N+](=O)[O-]. The standard InChI is InChI=1S/C11H16N2O4/c1-3-17-11-6-9(12-7-8(2)14)4-5-10(11)13(15)16/h4-6,8,12,14H,3,7H2,1-2H3. The van der Waals surface area contributed by atoms with Gasteiger partial charge in [0.05, 0.1) is 17.6 Å². The summed E-state index contributed by atoms with van der Waals surface area (Å²) in [5.74, 6) is 0.230. The van der Waals surface area contributed by atoms with Crippen LogP contribution in [0, 0.1) is 10.1 Å². The monoisotopic (exact) mass is 240 g/mol. The Morgan fingerprint density at radius 1 is 1.59 bits per heavy atom. The summed E-state index contributed by atoms with van der Waals surface area (Å²) in [6, 6.07) is 4.53. The summed E-state index contributed by atoms with van der Waals surface area (Å²) in [6.45, 7) is 4.16. The minimum Gasteiger partial charge on any atom is -0.487 e. The smallest absolute Gasteiger partial charge is 0.311 e. The molecule has 0 aliphatic heterocycles. The van der Waals surface area contributed by atoms with Crippen molar-refractivity contribution < 1.29 is 14.8 Å². The molecule has 1 unspecified atom stereocenters. The van der Waals surface area contributed by atoms with Crippen LogP contribution in [0.5, 0.6) is 5.75 Å². The number of anilines is 1. The average molecular weight is 240 g/mol. The maximum absolute atomic E-state index is 10.7. The second kappa shape index (κ2) is 6.05. The molecule has 1 aromatic rings. The predicted octanol–water partition coefficient (Wildman–Crippen LogP) is 1.79. The van der Waals surface area contributed by atoms with Crippen LogP contribution in [0.25, 0.3) is 0 Å². The molecule has 6 heteroatoms. The molecule has 0 saturated heterocycles. The third kappa shape index (κ3) is 3.92. The fraction of sp³-hybridized carbons (Fsp3) is 0.455. The first kappa shape index (κ1) is 13.2. The number of nitro benzene ring substituents is 1. The zero-order valence-electron chi connectivity index (χ0n) is 9.84. The molecule has 0 saturated carbocycles. The molecule has 1 atom stereocenters. The Hall–Kier alpha value is -1.82. The highest BCUT2D eigenvalue weighted by atomic mass is 16.6. The van der Waals surface area contributed by atoms with Crippen molar-refractivity contribution in [3.05, 3.63) is 28.3 Å². The molecule has 94 valence electrons. The van der Waals surface area contributed by atoms with Gasteiger partial charge >= 0.3 is 5.69 Å². The highest BCUT2D eigenvalue weighted by Crippen LogP contribution is 2.29. The minimum atomic E-state index is -0.485. The van der Waals surface area contributed by atoms with Gasteiger partial charge in [-0.3, -0.25) is 10.1 Å². The highest BCUT2D eigenvalue weighted by Gasteiger charge is 2.15. The van der Waals surface area contributed by atoms with Gasteiger partial charge in [0.2, 0.25) is 0 Å². The topological polar surface area (TPSA) is 84.6 Å². The number of ether oxygens (including phenoxy) is 1. The van der Waals surface area contributed by atoms with Gasteiger partial charge in [0, 0.05) is 24.4 Å². The highest BCUT2D eigenvalue weighted by molar-refractivity contribution is 5.58. The van der Waals surface area contributed by atoms with E-state index in [9.17, 15) is 10.1 Å². The van der Waals surface area contributed by atoms with Crippen LogP contribution >= 0.6 is 0 Å². The molecule has 6 nitrogen and oxygen atoms in total. The zero-order valence-corrected chi connectivity index (χ0v) is 9.84. The number of benzene rings is 1. The van der Waals surface area contributed by atoms with Gasteiger partial charge < -0.3 is 15.2 Å². The van der Waals surface area contributed by atoms with Crippen molar-refractivity contribution in [3.8, 4) is 5.75 Å². The van der Waals surface area contributed by atoms with Gasteiger partial charge in [0.1, 0.15) is 0 Å². The normalized spacial score (nSPS) is 11.9. The lowest BCUT2D eigenvalue weighted by atomic mass is 10.2. The maximum Gasteiger partial charge on any atom is 0.311 e. The van der Waals surface area contributed by atoms with E-state index in [1.807, 2.05) is 0 Å². The Kier molecular flexibility index (Phi) is 4.71. The summed E-state index contributed by atoms with van der Waals surface area (Å²) in [4.78, 5) is 10.3.